The quantitative estimate of drug-likeness (QED) is 0.620. The summed E-state index contributed by atoms with van der Waals surface area (Å²) >= 11 is 0. The number of halogens is 1. The van der Waals surface area contributed by atoms with Gasteiger partial charge in [-0.05, 0) is 57.2 Å². The highest BCUT2D eigenvalue weighted by Gasteiger charge is 2.40. The Morgan fingerprint density at radius 2 is 2.10 bits per heavy atom. The number of aromatic nitrogens is 3. The summed E-state index contributed by atoms with van der Waals surface area (Å²) in [4.78, 5) is 16.4. The second-order valence-electron chi connectivity index (χ2n) is 8.49. The molecule has 3 aliphatic rings. The van der Waals surface area contributed by atoms with Crippen molar-refractivity contribution in [1.29, 1.82) is 0 Å². The van der Waals surface area contributed by atoms with Crippen molar-refractivity contribution >= 4 is 5.91 Å². The number of primary amides is 1. The van der Waals surface area contributed by atoms with E-state index in [4.69, 9.17) is 10.3 Å². The maximum Gasteiger partial charge on any atom is 0.269 e. The van der Waals surface area contributed by atoms with E-state index in [0.717, 1.165) is 29.7 Å². The van der Waals surface area contributed by atoms with Crippen molar-refractivity contribution in [2.24, 2.45) is 5.73 Å². The van der Waals surface area contributed by atoms with Crippen LogP contribution in [0.1, 0.15) is 70.5 Å². The minimum Gasteiger partial charge on any atom is -0.372 e. The van der Waals surface area contributed by atoms with Gasteiger partial charge in [0, 0.05) is 23.4 Å². The van der Waals surface area contributed by atoms with Gasteiger partial charge in [0.1, 0.15) is 28.8 Å². The molecule has 2 bridgehead atoms. The van der Waals surface area contributed by atoms with Crippen LogP contribution in [0.4, 0.5) is 4.39 Å². The molecule has 3 aromatic rings. The molecule has 1 aliphatic carbocycles. The van der Waals surface area contributed by atoms with Crippen molar-refractivity contribution in [1.82, 2.24) is 14.7 Å². The second-order valence-corrected chi connectivity index (χ2v) is 8.49. The summed E-state index contributed by atoms with van der Waals surface area (Å²) < 4.78 is 22.0. The van der Waals surface area contributed by atoms with E-state index in [1.54, 1.807) is 19.1 Å². The first-order valence-electron chi connectivity index (χ1n) is 10.1. The normalized spacial score (nSPS) is 20.4. The number of rotatable bonds is 2. The van der Waals surface area contributed by atoms with Crippen molar-refractivity contribution in [3.63, 3.8) is 0 Å². The molecule has 1 atom stereocenters. The first-order valence-corrected chi connectivity index (χ1v) is 10.1. The van der Waals surface area contributed by atoms with Crippen LogP contribution in [0.5, 0.6) is 0 Å². The average molecular weight is 420 g/mol. The number of nitrogens with two attached hydrogens (primary N) is 1. The van der Waals surface area contributed by atoms with Crippen LogP contribution >= 0.6 is 0 Å². The SMILES string of the molecule is Cc1cc(C(C)(O)C#Cc2cc3c(cc2F)C2CC(C2)n2c-3nc(C(N)=O)c2C)no1. The number of hydrogen-bond donors (Lipinski definition) is 2. The number of aryl methyl sites for hydroxylation is 1. The number of benzene rings is 1. The number of carbonyl (C=O) groups is 1. The molecule has 8 heteroatoms. The highest BCUT2D eigenvalue weighted by molar-refractivity contribution is 5.93. The Morgan fingerprint density at radius 1 is 1.35 bits per heavy atom. The lowest BCUT2D eigenvalue weighted by Crippen LogP contribution is -2.24. The maximum absolute atomic E-state index is 15.0. The number of nitrogens with zero attached hydrogens (tertiary/aromatic N) is 3. The summed E-state index contributed by atoms with van der Waals surface area (Å²) in [6, 6.07) is 4.94. The van der Waals surface area contributed by atoms with Crippen molar-refractivity contribution in [2.45, 2.75) is 51.2 Å². The van der Waals surface area contributed by atoms with Gasteiger partial charge in [0.15, 0.2) is 5.60 Å². The summed E-state index contributed by atoms with van der Waals surface area (Å²) in [5.41, 5.74) is 6.84. The van der Waals surface area contributed by atoms with Crippen LogP contribution in [0.3, 0.4) is 0 Å². The van der Waals surface area contributed by atoms with Crippen molar-refractivity contribution in [3.8, 4) is 23.2 Å². The fourth-order valence-corrected chi connectivity index (χ4v) is 4.50. The van der Waals surface area contributed by atoms with E-state index in [-0.39, 0.29) is 28.9 Å². The molecular weight excluding hydrogens is 399 g/mol. The Bertz CT molecular complexity index is 1300. The van der Waals surface area contributed by atoms with Gasteiger partial charge in [0.2, 0.25) is 0 Å². The smallest absolute Gasteiger partial charge is 0.269 e. The predicted molar refractivity (Wildman–Crippen MR) is 110 cm³/mol. The Kier molecular flexibility index (Phi) is 4.11. The Balaban J connectivity index is 1.64. The topological polar surface area (TPSA) is 107 Å². The number of carbonyl (C=O) groups excluding carboxylic acids is 1. The van der Waals surface area contributed by atoms with E-state index in [2.05, 4.69) is 22.0 Å². The van der Waals surface area contributed by atoms with Gasteiger partial charge >= 0.3 is 0 Å². The van der Waals surface area contributed by atoms with E-state index in [9.17, 15) is 14.3 Å². The molecule has 158 valence electrons. The molecular formula is C23H21FN4O3. The lowest BCUT2D eigenvalue weighted by atomic mass is 9.75. The second kappa shape index (κ2) is 6.53. The molecule has 2 aromatic heterocycles. The summed E-state index contributed by atoms with van der Waals surface area (Å²) in [5, 5.41) is 14.5. The molecule has 2 aliphatic heterocycles. The Labute approximate surface area is 178 Å². The monoisotopic (exact) mass is 420 g/mol. The van der Waals surface area contributed by atoms with E-state index in [1.807, 2.05) is 11.5 Å². The summed E-state index contributed by atoms with van der Waals surface area (Å²) in [6.07, 6.45) is 1.72. The van der Waals surface area contributed by atoms with E-state index >= 15 is 0 Å². The molecule has 1 unspecified atom stereocenters. The van der Waals surface area contributed by atoms with Crippen LogP contribution < -0.4 is 5.73 Å². The highest BCUT2D eigenvalue weighted by atomic mass is 19.1. The predicted octanol–water partition coefficient (Wildman–Crippen LogP) is 3.08. The van der Waals surface area contributed by atoms with E-state index < -0.39 is 17.3 Å². The Morgan fingerprint density at radius 3 is 2.74 bits per heavy atom. The van der Waals surface area contributed by atoms with Crippen molar-refractivity contribution < 1.29 is 18.8 Å². The molecule has 1 aromatic carbocycles. The van der Waals surface area contributed by atoms with Gasteiger partial charge < -0.3 is 19.9 Å². The average Bonchev–Trinajstić information content (AvgIpc) is 3.18. The molecule has 1 saturated carbocycles. The molecule has 0 spiro atoms. The number of hydrogen-bond acceptors (Lipinski definition) is 5. The molecule has 3 N–H and O–H groups in total. The number of amides is 1. The molecule has 0 radical (unpaired) electrons. The number of aliphatic hydroxyl groups is 1. The zero-order valence-corrected chi connectivity index (χ0v) is 17.4. The lowest BCUT2D eigenvalue weighted by molar-refractivity contribution is 0.0994. The first kappa shape index (κ1) is 19.5. The van der Waals surface area contributed by atoms with Crippen LogP contribution in [0.2, 0.25) is 0 Å². The first-order chi connectivity index (χ1) is 14.7. The number of imidazole rings is 1. The van der Waals surface area contributed by atoms with E-state index in [0.29, 0.717) is 11.6 Å². The summed E-state index contributed by atoms with van der Waals surface area (Å²) in [6.45, 7) is 5.01. The molecule has 4 heterocycles. The van der Waals surface area contributed by atoms with Gasteiger partial charge in [-0.1, -0.05) is 17.0 Å². The fourth-order valence-electron chi connectivity index (χ4n) is 4.50. The van der Waals surface area contributed by atoms with Crippen LogP contribution in [-0.2, 0) is 5.60 Å². The molecule has 1 amide bonds. The lowest BCUT2D eigenvalue weighted by Gasteiger charge is -2.35. The molecule has 31 heavy (non-hydrogen) atoms. The maximum atomic E-state index is 15.0. The van der Waals surface area contributed by atoms with Crippen LogP contribution in [0, 0.1) is 31.5 Å². The molecule has 6 rings (SSSR count). The Hall–Kier alpha value is -3.44. The van der Waals surface area contributed by atoms with Crippen molar-refractivity contribution in [3.05, 3.63) is 58.0 Å². The molecule has 1 fully saturated rings. The third-order valence-corrected chi connectivity index (χ3v) is 6.25. The third-order valence-electron chi connectivity index (χ3n) is 6.25. The zero-order chi connectivity index (χ0) is 22.1. The zero-order valence-electron chi connectivity index (χ0n) is 17.4. The summed E-state index contributed by atoms with van der Waals surface area (Å²) in [7, 11) is 0. The fraction of sp³-hybridized carbons (Fsp3) is 0.348. The van der Waals surface area contributed by atoms with Gasteiger partial charge in [0.25, 0.3) is 5.91 Å². The summed E-state index contributed by atoms with van der Waals surface area (Å²) in [5.74, 6) is 5.77. The van der Waals surface area contributed by atoms with Gasteiger partial charge in [0.05, 0.1) is 5.56 Å². The van der Waals surface area contributed by atoms with Crippen LogP contribution in [0.25, 0.3) is 11.4 Å². The van der Waals surface area contributed by atoms with Gasteiger partial charge in [-0.2, -0.15) is 0 Å². The van der Waals surface area contributed by atoms with Crippen molar-refractivity contribution in [2.75, 3.05) is 0 Å². The molecule has 0 saturated heterocycles. The van der Waals surface area contributed by atoms with Gasteiger partial charge in [-0.25, -0.2) is 9.37 Å². The third kappa shape index (κ3) is 2.96. The standard InChI is InChI=1S/C23H21FN4O3/c1-11-6-19(27-31-11)23(3,30)5-4-13-9-17-16(10-18(13)24)14-7-15(8-14)28-12(2)20(21(25)29)26-22(17)28/h6,9-10,14-15,30H,7-8H2,1-3H3,(H2,25,29). The highest BCUT2D eigenvalue weighted by Crippen LogP contribution is 2.53. The minimum absolute atomic E-state index is 0.131. The van der Waals surface area contributed by atoms with Crippen LogP contribution in [0.15, 0.2) is 22.7 Å². The van der Waals surface area contributed by atoms with Gasteiger partial charge in [-0.15, -0.1) is 0 Å². The van der Waals surface area contributed by atoms with Crippen LogP contribution in [-0.4, -0.2) is 25.7 Å². The largest absolute Gasteiger partial charge is 0.372 e. The van der Waals surface area contributed by atoms with E-state index in [1.165, 1.54) is 13.0 Å². The van der Waals surface area contributed by atoms with Gasteiger partial charge in [-0.3, -0.25) is 4.79 Å². The minimum atomic E-state index is -1.60. The molecule has 7 nitrogen and oxygen atoms in total.